The number of nitrogens with one attached hydrogen (secondary N) is 1. The molecule has 2 heterocycles. The molecule has 3 aromatic carbocycles. The Morgan fingerprint density at radius 2 is 1.74 bits per heavy atom. The molecule has 2 aromatic heterocycles. The van der Waals surface area contributed by atoms with Crippen LogP contribution in [0.3, 0.4) is 0 Å². The number of aromatic nitrogens is 3. The van der Waals surface area contributed by atoms with Gasteiger partial charge in [0.25, 0.3) is 5.91 Å². The van der Waals surface area contributed by atoms with Crippen LogP contribution in [0, 0.1) is 0 Å². The van der Waals surface area contributed by atoms with E-state index in [1.807, 2.05) is 31.2 Å². The number of carbonyl (C=O) groups excluding carboxylic acids is 1. The summed E-state index contributed by atoms with van der Waals surface area (Å²) in [6.45, 7) is 2.54. The zero-order chi connectivity index (χ0) is 23.7. The minimum atomic E-state index is -0.385. The summed E-state index contributed by atoms with van der Waals surface area (Å²) >= 11 is 12.0. The number of amides is 1. The van der Waals surface area contributed by atoms with Crippen LogP contribution in [0.5, 0.6) is 5.75 Å². The number of fused-ring (bicyclic) bond motifs is 1. The average Bonchev–Trinajstić information content (AvgIpc) is 3.49. The van der Waals surface area contributed by atoms with Crippen molar-refractivity contribution in [3.05, 3.63) is 88.6 Å². The van der Waals surface area contributed by atoms with Crippen LogP contribution in [-0.4, -0.2) is 27.5 Å². The molecule has 5 rings (SSSR count). The summed E-state index contributed by atoms with van der Waals surface area (Å²) in [6, 6.07) is 21.3. The number of nitrogens with zero attached hydrogens (tertiary/aromatic N) is 3. The Kier molecular flexibility index (Phi) is 5.96. The monoisotopic (exact) mass is 492 g/mol. The van der Waals surface area contributed by atoms with Gasteiger partial charge >= 0.3 is 0 Å². The molecule has 0 bridgehead atoms. The Labute approximate surface area is 204 Å². The van der Waals surface area contributed by atoms with E-state index in [0.29, 0.717) is 39.1 Å². The molecule has 0 atom stereocenters. The molecule has 1 amide bonds. The van der Waals surface area contributed by atoms with Gasteiger partial charge in [0.05, 0.1) is 22.3 Å². The standard InChI is InChI=1S/C25H18Cl2N4O3/c1-2-33-18-7-5-17(6-8-18)31-29-21-10-4-16(14-22(21)30-31)28-25(32)24-12-11-23(34-24)15-3-9-19(26)20(27)13-15/h3-14H,2H2,1H3,(H,28,32). The molecule has 0 aliphatic heterocycles. The quantitative estimate of drug-likeness (QED) is 0.287. The fourth-order valence-electron chi connectivity index (χ4n) is 3.41. The van der Waals surface area contributed by atoms with Gasteiger partial charge in [-0.3, -0.25) is 4.79 Å². The van der Waals surface area contributed by atoms with Gasteiger partial charge in [-0.05, 0) is 79.7 Å². The Morgan fingerprint density at radius 1 is 0.941 bits per heavy atom. The third kappa shape index (κ3) is 4.48. The average molecular weight is 493 g/mol. The SMILES string of the molecule is CCOc1ccc(-n2nc3ccc(NC(=O)c4ccc(-c5ccc(Cl)c(Cl)c5)o4)cc3n2)cc1. The summed E-state index contributed by atoms with van der Waals surface area (Å²) in [7, 11) is 0. The number of anilines is 1. The number of hydrogen-bond donors (Lipinski definition) is 1. The Morgan fingerprint density at radius 3 is 2.50 bits per heavy atom. The van der Waals surface area contributed by atoms with E-state index in [4.69, 9.17) is 32.4 Å². The summed E-state index contributed by atoms with van der Waals surface area (Å²) in [4.78, 5) is 14.3. The van der Waals surface area contributed by atoms with Gasteiger partial charge in [0.1, 0.15) is 22.5 Å². The molecule has 0 unspecified atom stereocenters. The maximum absolute atomic E-state index is 12.7. The molecule has 0 saturated carbocycles. The van der Waals surface area contributed by atoms with Gasteiger partial charge in [-0.2, -0.15) is 4.80 Å². The summed E-state index contributed by atoms with van der Waals surface area (Å²) < 4.78 is 11.2. The topological polar surface area (TPSA) is 82.2 Å². The minimum Gasteiger partial charge on any atom is -0.494 e. The van der Waals surface area contributed by atoms with E-state index in [1.54, 1.807) is 53.3 Å². The number of benzene rings is 3. The van der Waals surface area contributed by atoms with Crippen LogP contribution >= 0.6 is 23.2 Å². The van der Waals surface area contributed by atoms with Gasteiger partial charge in [-0.25, -0.2) is 0 Å². The van der Waals surface area contributed by atoms with E-state index < -0.39 is 0 Å². The zero-order valence-corrected chi connectivity index (χ0v) is 19.5. The minimum absolute atomic E-state index is 0.166. The van der Waals surface area contributed by atoms with Crippen LogP contribution in [0.15, 0.2) is 77.2 Å². The van der Waals surface area contributed by atoms with Gasteiger partial charge in [0.15, 0.2) is 5.76 Å². The second-order valence-corrected chi connectivity index (χ2v) is 8.18. The van der Waals surface area contributed by atoms with E-state index in [-0.39, 0.29) is 11.7 Å². The van der Waals surface area contributed by atoms with E-state index >= 15 is 0 Å². The van der Waals surface area contributed by atoms with Crippen LogP contribution in [0.1, 0.15) is 17.5 Å². The number of halogens is 2. The lowest BCUT2D eigenvalue weighted by molar-refractivity contribution is 0.0997. The van der Waals surface area contributed by atoms with Crippen molar-refractivity contribution in [2.45, 2.75) is 6.92 Å². The van der Waals surface area contributed by atoms with Gasteiger partial charge in [-0.15, -0.1) is 10.2 Å². The first-order chi connectivity index (χ1) is 16.5. The molecule has 0 aliphatic rings. The highest BCUT2D eigenvalue weighted by Crippen LogP contribution is 2.30. The molecule has 34 heavy (non-hydrogen) atoms. The summed E-state index contributed by atoms with van der Waals surface area (Å²) in [5.74, 6) is 1.08. The molecular weight excluding hydrogens is 475 g/mol. The fourth-order valence-corrected chi connectivity index (χ4v) is 3.71. The molecule has 0 aliphatic carbocycles. The molecule has 1 N–H and O–H groups in total. The van der Waals surface area contributed by atoms with Gasteiger partial charge in [0.2, 0.25) is 0 Å². The smallest absolute Gasteiger partial charge is 0.291 e. The van der Waals surface area contributed by atoms with E-state index in [2.05, 4.69) is 15.5 Å². The van der Waals surface area contributed by atoms with Crippen LogP contribution in [-0.2, 0) is 0 Å². The van der Waals surface area contributed by atoms with E-state index in [0.717, 1.165) is 17.0 Å². The molecule has 0 spiro atoms. The van der Waals surface area contributed by atoms with Crippen molar-refractivity contribution in [3.63, 3.8) is 0 Å². The molecule has 5 aromatic rings. The third-order valence-electron chi connectivity index (χ3n) is 5.05. The first-order valence-corrected chi connectivity index (χ1v) is 11.2. The number of carbonyl (C=O) groups is 1. The van der Waals surface area contributed by atoms with E-state index in [1.165, 1.54) is 0 Å². The normalized spacial score (nSPS) is 11.0. The highest BCUT2D eigenvalue weighted by Gasteiger charge is 2.14. The number of rotatable bonds is 6. The number of ether oxygens (including phenoxy) is 1. The zero-order valence-electron chi connectivity index (χ0n) is 18.0. The largest absolute Gasteiger partial charge is 0.494 e. The predicted octanol–water partition coefficient (Wildman–Crippen LogP) is 6.64. The summed E-state index contributed by atoms with van der Waals surface area (Å²) in [5, 5.41) is 12.7. The van der Waals surface area contributed by atoms with Crippen molar-refractivity contribution in [3.8, 4) is 22.8 Å². The molecule has 170 valence electrons. The number of furan rings is 1. The number of hydrogen-bond acceptors (Lipinski definition) is 5. The van der Waals surface area contributed by atoms with Crippen molar-refractivity contribution in [1.82, 2.24) is 15.0 Å². The first-order valence-electron chi connectivity index (χ1n) is 10.5. The lowest BCUT2D eigenvalue weighted by Gasteiger charge is -2.03. The molecule has 7 nitrogen and oxygen atoms in total. The molecular formula is C25H18Cl2N4O3. The lowest BCUT2D eigenvalue weighted by atomic mass is 10.2. The second kappa shape index (κ2) is 9.21. The maximum Gasteiger partial charge on any atom is 0.291 e. The first kappa shape index (κ1) is 22.0. The Bertz CT molecular complexity index is 1490. The van der Waals surface area contributed by atoms with Gasteiger partial charge in [-0.1, -0.05) is 23.2 Å². The highest BCUT2D eigenvalue weighted by molar-refractivity contribution is 6.42. The molecule has 0 saturated heterocycles. The van der Waals surface area contributed by atoms with Gasteiger partial charge in [0, 0.05) is 11.3 Å². The van der Waals surface area contributed by atoms with Crippen molar-refractivity contribution in [1.29, 1.82) is 0 Å². The second-order valence-electron chi connectivity index (χ2n) is 7.37. The van der Waals surface area contributed by atoms with Crippen LogP contribution in [0.25, 0.3) is 28.0 Å². The van der Waals surface area contributed by atoms with Crippen molar-refractivity contribution >= 4 is 45.8 Å². The third-order valence-corrected chi connectivity index (χ3v) is 5.79. The lowest BCUT2D eigenvalue weighted by Crippen LogP contribution is -2.10. The Hall–Kier alpha value is -3.81. The fraction of sp³-hybridized carbons (Fsp3) is 0.0800. The summed E-state index contributed by atoms with van der Waals surface area (Å²) in [6.07, 6.45) is 0. The van der Waals surface area contributed by atoms with Crippen molar-refractivity contribution < 1.29 is 13.9 Å². The highest BCUT2D eigenvalue weighted by atomic mass is 35.5. The van der Waals surface area contributed by atoms with Crippen molar-refractivity contribution in [2.24, 2.45) is 0 Å². The Balaban J connectivity index is 1.33. The summed E-state index contributed by atoms with van der Waals surface area (Å²) in [5.41, 5.74) is 3.44. The van der Waals surface area contributed by atoms with Crippen LogP contribution in [0.4, 0.5) is 5.69 Å². The molecule has 9 heteroatoms. The maximum atomic E-state index is 12.7. The van der Waals surface area contributed by atoms with Crippen molar-refractivity contribution in [2.75, 3.05) is 11.9 Å². The predicted molar refractivity (Wildman–Crippen MR) is 132 cm³/mol. The van der Waals surface area contributed by atoms with Crippen LogP contribution in [0.2, 0.25) is 10.0 Å². The van der Waals surface area contributed by atoms with Crippen LogP contribution < -0.4 is 10.1 Å². The van der Waals surface area contributed by atoms with Gasteiger partial charge < -0.3 is 14.5 Å². The van der Waals surface area contributed by atoms with E-state index in [9.17, 15) is 4.79 Å². The molecule has 0 radical (unpaired) electrons. The molecule has 0 fully saturated rings.